The zero-order valence-corrected chi connectivity index (χ0v) is 15.3. The van der Waals surface area contributed by atoms with E-state index in [1.54, 1.807) is 12.1 Å². The van der Waals surface area contributed by atoms with Crippen LogP contribution in [0.25, 0.3) is 10.6 Å². The molecule has 0 aliphatic carbocycles. The molecule has 2 aromatic carbocycles. The molecule has 136 valence electrons. The molecule has 1 aliphatic rings. The fourth-order valence-electron chi connectivity index (χ4n) is 2.80. The van der Waals surface area contributed by atoms with E-state index in [-0.39, 0.29) is 24.9 Å². The molecule has 4 rings (SSSR count). The first-order chi connectivity index (χ1) is 13.1. The molecule has 0 radical (unpaired) electrons. The second-order valence-electron chi connectivity index (χ2n) is 6.04. The third kappa shape index (κ3) is 3.68. The van der Waals surface area contributed by atoms with Crippen molar-refractivity contribution in [1.29, 1.82) is 0 Å². The number of aromatic nitrogens is 1. The Bertz CT molecular complexity index is 1010. The fourth-order valence-corrected chi connectivity index (χ4v) is 3.62. The normalized spacial score (nSPS) is 12.0. The number of nitrogens with one attached hydrogen (secondary N) is 1. The summed E-state index contributed by atoms with van der Waals surface area (Å²) in [6, 6.07) is 13.0. The molecule has 7 heteroatoms. The highest BCUT2D eigenvalue weighted by atomic mass is 32.1. The zero-order valence-electron chi connectivity index (χ0n) is 14.5. The number of hydrogen-bond donors (Lipinski definition) is 1. The van der Waals surface area contributed by atoms with Crippen LogP contribution in [0.15, 0.2) is 47.8 Å². The summed E-state index contributed by atoms with van der Waals surface area (Å²) in [7, 11) is 0. The van der Waals surface area contributed by atoms with Crippen LogP contribution in [0.1, 0.15) is 23.0 Å². The molecule has 0 spiro atoms. The molecule has 0 atom stereocenters. The first kappa shape index (κ1) is 17.2. The van der Waals surface area contributed by atoms with Crippen molar-refractivity contribution < 1.29 is 19.1 Å². The Morgan fingerprint density at radius 3 is 2.63 bits per heavy atom. The molecule has 1 aromatic heterocycles. The Balaban J connectivity index is 1.50. The Labute approximate surface area is 159 Å². The number of Topliss-reactive ketones (excluding diaryl/α,β-unsaturated/α-hetero) is 1. The predicted octanol–water partition coefficient (Wildman–Crippen LogP) is 3.92. The van der Waals surface area contributed by atoms with Crippen molar-refractivity contribution in [3.63, 3.8) is 0 Å². The van der Waals surface area contributed by atoms with E-state index in [9.17, 15) is 9.59 Å². The zero-order chi connectivity index (χ0) is 18.8. The van der Waals surface area contributed by atoms with Crippen molar-refractivity contribution in [3.05, 3.63) is 59.1 Å². The summed E-state index contributed by atoms with van der Waals surface area (Å²) in [6.45, 7) is 1.55. The summed E-state index contributed by atoms with van der Waals surface area (Å²) in [4.78, 5) is 28.9. The van der Waals surface area contributed by atoms with Gasteiger partial charge in [0, 0.05) is 22.6 Å². The lowest BCUT2D eigenvalue weighted by Gasteiger charge is -2.10. The molecule has 3 aromatic rings. The van der Waals surface area contributed by atoms with Crippen LogP contribution in [-0.4, -0.2) is 23.5 Å². The molecule has 1 amide bonds. The summed E-state index contributed by atoms with van der Waals surface area (Å²) in [5.41, 5.74) is 2.50. The smallest absolute Gasteiger partial charge is 0.231 e. The van der Waals surface area contributed by atoms with E-state index in [4.69, 9.17) is 9.47 Å². The van der Waals surface area contributed by atoms with Gasteiger partial charge in [-0.3, -0.25) is 9.59 Å². The Hall–Kier alpha value is -3.19. The van der Waals surface area contributed by atoms with Crippen LogP contribution in [0.2, 0.25) is 0 Å². The van der Waals surface area contributed by atoms with Crippen LogP contribution >= 0.6 is 11.3 Å². The van der Waals surface area contributed by atoms with E-state index in [0.717, 1.165) is 10.6 Å². The molecule has 6 nitrogen and oxygen atoms in total. The number of carbonyl (C=O) groups excluding carboxylic acids is 2. The van der Waals surface area contributed by atoms with Gasteiger partial charge in [-0.05, 0) is 13.0 Å². The molecule has 27 heavy (non-hydrogen) atoms. The average Bonchev–Trinajstić information content (AvgIpc) is 3.30. The molecule has 0 fully saturated rings. The number of ether oxygens (including phenoxy) is 2. The maximum absolute atomic E-state index is 12.5. The van der Waals surface area contributed by atoms with Gasteiger partial charge >= 0.3 is 0 Å². The summed E-state index contributed by atoms with van der Waals surface area (Å²) >= 11 is 1.49. The minimum atomic E-state index is -0.249. The maximum Gasteiger partial charge on any atom is 0.231 e. The minimum Gasteiger partial charge on any atom is -0.454 e. The second-order valence-corrected chi connectivity index (χ2v) is 6.90. The number of carbonyl (C=O) groups is 2. The van der Waals surface area contributed by atoms with Gasteiger partial charge in [0.05, 0.1) is 17.8 Å². The quantitative estimate of drug-likeness (QED) is 0.679. The van der Waals surface area contributed by atoms with Gasteiger partial charge in [-0.1, -0.05) is 30.3 Å². The number of fused-ring (bicyclic) bond motifs is 1. The number of benzene rings is 2. The third-order valence-electron chi connectivity index (χ3n) is 4.08. The highest BCUT2D eigenvalue weighted by molar-refractivity contribution is 7.13. The van der Waals surface area contributed by atoms with Crippen LogP contribution in [0.3, 0.4) is 0 Å². The van der Waals surface area contributed by atoms with Gasteiger partial charge in [0.2, 0.25) is 12.7 Å². The lowest BCUT2D eigenvalue weighted by Crippen LogP contribution is -2.16. The Morgan fingerprint density at radius 2 is 1.89 bits per heavy atom. The SMILES string of the molecule is CC(=O)c1cc2c(cc1NC(=O)Cc1csc(-c3ccccc3)n1)OCO2. The van der Waals surface area contributed by atoms with Gasteiger partial charge in [-0.25, -0.2) is 4.98 Å². The van der Waals surface area contributed by atoms with Crippen molar-refractivity contribution >= 4 is 28.7 Å². The van der Waals surface area contributed by atoms with E-state index in [0.29, 0.717) is 28.4 Å². The van der Waals surface area contributed by atoms with Crippen molar-refractivity contribution in [2.45, 2.75) is 13.3 Å². The summed E-state index contributed by atoms with van der Waals surface area (Å²) in [6.07, 6.45) is 0.120. The fraction of sp³-hybridized carbons (Fsp3) is 0.150. The molecule has 2 heterocycles. The molecule has 0 bridgehead atoms. The maximum atomic E-state index is 12.5. The van der Waals surface area contributed by atoms with Crippen LogP contribution in [-0.2, 0) is 11.2 Å². The van der Waals surface area contributed by atoms with Gasteiger partial charge in [0.1, 0.15) is 5.01 Å². The van der Waals surface area contributed by atoms with Crippen molar-refractivity contribution in [3.8, 4) is 22.1 Å². The lowest BCUT2D eigenvalue weighted by molar-refractivity contribution is -0.115. The van der Waals surface area contributed by atoms with Gasteiger partial charge < -0.3 is 14.8 Å². The molecule has 0 unspecified atom stereocenters. The van der Waals surface area contributed by atoms with Crippen molar-refractivity contribution in [2.24, 2.45) is 0 Å². The van der Waals surface area contributed by atoms with E-state index in [1.807, 2.05) is 35.7 Å². The topological polar surface area (TPSA) is 77.5 Å². The molecule has 0 saturated carbocycles. The Morgan fingerprint density at radius 1 is 1.15 bits per heavy atom. The number of rotatable bonds is 5. The largest absolute Gasteiger partial charge is 0.454 e. The van der Waals surface area contributed by atoms with Crippen LogP contribution < -0.4 is 14.8 Å². The van der Waals surface area contributed by atoms with Gasteiger partial charge in [0.15, 0.2) is 17.3 Å². The average molecular weight is 380 g/mol. The van der Waals surface area contributed by atoms with Gasteiger partial charge in [-0.15, -0.1) is 11.3 Å². The number of thiazole rings is 1. The molecule has 1 N–H and O–H groups in total. The van der Waals surface area contributed by atoms with Gasteiger partial charge in [-0.2, -0.15) is 0 Å². The molecular formula is C20H16N2O4S. The highest BCUT2D eigenvalue weighted by Crippen LogP contribution is 2.37. The standard InChI is InChI=1S/C20H16N2O4S/c1-12(23)15-8-17-18(26-11-25-17)9-16(15)22-19(24)7-14-10-27-20(21-14)13-5-3-2-4-6-13/h2-6,8-10H,7,11H2,1H3,(H,22,24). The van der Waals surface area contributed by atoms with E-state index < -0.39 is 0 Å². The van der Waals surface area contributed by atoms with E-state index in [2.05, 4.69) is 10.3 Å². The minimum absolute atomic E-state index is 0.102. The van der Waals surface area contributed by atoms with Crippen molar-refractivity contribution in [2.75, 3.05) is 12.1 Å². The Kier molecular flexibility index (Phi) is 4.60. The number of nitrogens with zero attached hydrogens (tertiary/aromatic N) is 1. The summed E-state index contributed by atoms with van der Waals surface area (Å²) in [5, 5.41) is 5.52. The predicted molar refractivity (Wildman–Crippen MR) is 102 cm³/mol. The number of anilines is 1. The van der Waals surface area contributed by atoms with Crippen molar-refractivity contribution in [1.82, 2.24) is 4.98 Å². The monoisotopic (exact) mass is 380 g/mol. The molecular weight excluding hydrogens is 364 g/mol. The number of amides is 1. The van der Waals surface area contributed by atoms with Crippen LogP contribution in [0.5, 0.6) is 11.5 Å². The molecule has 1 aliphatic heterocycles. The van der Waals surface area contributed by atoms with E-state index in [1.165, 1.54) is 18.3 Å². The second kappa shape index (κ2) is 7.20. The summed E-state index contributed by atoms with van der Waals surface area (Å²) in [5.74, 6) is 0.602. The first-order valence-corrected chi connectivity index (χ1v) is 9.22. The highest BCUT2D eigenvalue weighted by Gasteiger charge is 2.20. The number of hydrogen-bond acceptors (Lipinski definition) is 6. The van der Waals surface area contributed by atoms with Crippen LogP contribution in [0, 0.1) is 0 Å². The van der Waals surface area contributed by atoms with E-state index >= 15 is 0 Å². The number of ketones is 1. The third-order valence-corrected chi connectivity index (χ3v) is 5.02. The first-order valence-electron chi connectivity index (χ1n) is 8.34. The van der Waals surface area contributed by atoms with Crippen LogP contribution in [0.4, 0.5) is 5.69 Å². The van der Waals surface area contributed by atoms with Gasteiger partial charge in [0.25, 0.3) is 0 Å². The lowest BCUT2D eigenvalue weighted by atomic mass is 10.1. The molecule has 0 saturated heterocycles. The summed E-state index contributed by atoms with van der Waals surface area (Å²) < 4.78 is 10.6.